The summed E-state index contributed by atoms with van der Waals surface area (Å²) < 4.78 is 23.9. The predicted molar refractivity (Wildman–Crippen MR) is 141 cm³/mol. The van der Waals surface area contributed by atoms with Crippen LogP contribution in [-0.2, 0) is 23.7 Å². The maximum absolute atomic E-state index is 12.8. The lowest BCUT2D eigenvalue weighted by molar-refractivity contribution is -0.230. The highest BCUT2D eigenvalue weighted by Gasteiger charge is 2.48. The molecule has 5 rings (SSSR count). The zero-order chi connectivity index (χ0) is 25.9. The second kappa shape index (κ2) is 11.9. The molecule has 1 N–H and O–H groups in total. The van der Waals surface area contributed by atoms with Crippen molar-refractivity contribution in [2.45, 2.75) is 96.1 Å². The molecule has 0 saturated carbocycles. The fourth-order valence-corrected chi connectivity index (χ4v) is 7.07. The largest absolute Gasteiger partial charge is 0.498 e. The van der Waals surface area contributed by atoms with E-state index < -0.39 is 6.29 Å². The second-order valence-electron chi connectivity index (χ2n) is 11.6. The van der Waals surface area contributed by atoms with E-state index in [4.69, 9.17) is 18.9 Å². The fourth-order valence-electron chi connectivity index (χ4n) is 7.07. The van der Waals surface area contributed by atoms with Crippen LogP contribution in [0, 0.1) is 23.7 Å². The SMILES string of the molecule is COC1=C(OCC2CC=C(C(=O)C3=CCCCC3)CC2)CC2OC(O)C3C=C([C@H](C)OC)CC[C@@H]3C2C1. The van der Waals surface area contributed by atoms with E-state index in [0.717, 1.165) is 80.5 Å². The number of aliphatic hydroxyl groups is 1. The molecule has 6 nitrogen and oxygen atoms in total. The summed E-state index contributed by atoms with van der Waals surface area (Å²) >= 11 is 0. The average molecular weight is 513 g/mol. The molecule has 0 aromatic carbocycles. The fraction of sp³-hybridized carbons (Fsp3) is 0.710. The van der Waals surface area contributed by atoms with Gasteiger partial charge in [0.15, 0.2) is 12.1 Å². The molecule has 5 aliphatic rings. The van der Waals surface area contributed by atoms with Gasteiger partial charge >= 0.3 is 0 Å². The van der Waals surface area contributed by atoms with E-state index in [1.165, 1.54) is 12.0 Å². The van der Waals surface area contributed by atoms with Crippen molar-refractivity contribution >= 4 is 5.78 Å². The van der Waals surface area contributed by atoms with Crippen molar-refractivity contribution in [2.75, 3.05) is 20.8 Å². The number of fused-ring (bicyclic) bond motifs is 3. The van der Waals surface area contributed by atoms with Crippen molar-refractivity contribution in [3.63, 3.8) is 0 Å². The standard InChI is InChI=1S/C31H44O6/c1-19(34-2)23-13-14-24-25-16-28(35-3)29(17-27(25)37-31(33)26(24)15-23)36-18-20-9-11-22(12-10-20)30(32)21-7-5-4-6-8-21/h7,11,15,19-20,24-27,31,33H,4-6,8-10,12-14,16-18H2,1-3H3/t19-,20?,24+,25?,26?,27?,31?/m0/s1. The Kier molecular flexibility index (Phi) is 8.57. The van der Waals surface area contributed by atoms with Crippen molar-refractivity contribution in [1.29, 1.82) is 0 Å². The van der Waals surface area contributed by atoms with E-state index in [9.17, 15) is 9.90 Å². The van der Waals surface area contributed by atoms with Gasteiger partial charge in [0, 0.05) is 25.9 Å². The molecule has 0 spiro atoms. The van der Waals surface area contributed by atoms with E-state index in [0.29, 0.717) is 30.8 Å². The molecule has 0 radical (unpaired) electrons. The minimum atomic E-state index is -0.797. The number of ether oxygens (including phenoxy) is 4. The van der Waals surface area contributed by atoms with E-state index >= 15 is 0 Å². The molecule has 1 aliphatic heterocycles. The van der Waals surface area contributed by atoms with Crippen molar-refractivity contribution in [3.8, 4) is 0 Å². The molecule has 0 amide bonds. The molecular weight excluding hydrogens is 468 g/mol. The Labute approximate surface area is 221 Å². The Morgan fingerprint density at radius 2 is 1.89 bits per heavy atom. The van der Waals surface area contributed by atoms with Gasteiger partial charge in [-0.1, -0.05) is 18.2 Å². The number of ketones is 1. The minimum absolute atomic E-state index is 0.00141. The Bertz CT molecular complexity index is 974. The van der Waals surface area contributed by atoms with Crippen LogP contribution in [0.15, 0.2) is 46.5 Å². The second-order valence-corrected chi connectivity index (χ2v) is 11.6. The molecule has 37 heavy (non-hydrogen) atoms. The first-order chi connectivity index (χ1) is 18.0. The number of rotatable bonds is 8. The summed E-state index contributed by atoms with van der Waals surface area (Å²) in [5.74, 6) is 3.14. The molecular formula is C31H44O6. The quantitative estimate of drug-likeness (QED) is 0.416. The van der Waals surface area contributed by atoms with Gasteiger partial charge in [-0.2, -0.15) is 0 Å². The van der Waals surface area contributed by atoms with Gasteiger partial charge in [-0.05, 0) is 99.2 Å². The zero-order valence-corrected chi connectivity index (χ0v) is 22.7. The zero-order valence-electron chi connectivity index (χ0n) is 22.7. The summed E-state index contributed by atoms with van der Waals surface area (Å²) in [7, 11) is 3.46. The number of Topliss-reactive ketones (excluding diaryl/α,β-unsaturated/α-hetero) is 1. The molecule has 0 aromatic heterocycles. The van der Waals surface area contributed by atoms with E-state index in [2.05, 4.69) is 25.2 Å². The molecule has 7 atom stereocenters. The van der Waals surface area contributed by atoms with E-state index in [1.54, 1.807) is 14.2 Å². The third-order valence-corrected chi connectivity index (χ3v) is 9.47. The minimum Gasteiger partial charge on any atom is -0.498 e. The Balaban J connectivity index is 1.20. The topological polar surface area (TPSA) is 74.2 Å². The number of aliphatic hydroxyl groups excluding tert-OH is 1. The van der Waals surface area contributed by atoms with Crippen LogP contribution in [0.25, 0.3) is 0 Å². The summed E-state index contributed by atoms with van der Waals surface area (Å²) in [4.78, 5) is 12.8. The van der Waals surface area contributed by atoms with Gasteiger partial charge in [0.25, 0.3) is 0 Å². The van der Waals surface area contributed by atoms with Crippen LogP contribution in [0.2, 0.25) is 0 Å². The van der Waals surface area contributed by atoms with Crippen LogP contribution in [0.4, 0.5) is 0 Å². The molecule has 204 valence electrons. The van der Waals surface area contributed by atoms with Crippen molar-refractivity contribution in [2.24, 2.45) is 23.7 Å². The number of carbonyl (C=O) groups excluding carboxylic acids is 1. The van der Waals surface area contributed by atoms with Crippen LogP contribution in [0.1, 0.15) is 77.6 Å². The van der Waals surface area contributed by atoms with Crippen LogP contribution in [0.3, 0.4) is 0 Å². The van der Waals surface area contributed by atoms with Gasteiger partial charge in [-0.25, -0.2) is 0 Å². The van der Waals surface area contributed by atoms with Gasteiger partial charge in [0.2, 0.25) is 0 Å². The highest BCUT2D eigenvalue weighted by molar-refractivity contribution is 6.08. The van der Waals surface area contributed by atoms with Crippen molar-refractivity contribution < 1.29 is 28.8 Å². The third-order valence-electron chi connectivity index (χ3n) is 9.47. The van der Waals surface area contributed by atoms with E-state index in [-0.39, 0.29) is 23.9 Å². The first-order valence-corrected chi connectivity index (χ1v) is 14.4. The van der Waals surface area contributed by atoms with Gasteiger partial charge < -0.3 is 24.1 Å². The first kappa shape index (κ1) is 26.7. The van der Waals surface area contributed by atoms with Crippen LogP contribution < -0.4 is 0 Å². The average Bonchev–Trinajstić information content (AvgIpc) is 2.95. The van der Waals surface area contributed by atoms with Gasteiger partial charge in [0.05, 0.1) is 25.9 Å². The molecule has 0 bridgehead atoms. The lowest BCUT2D eigenvalue weighted by atomic mass is 9.66. The normalized spacial score (nSPS) is 34.9. The number of hydrogen-bond acceptors (Lipinski definition) is 6. The van der Waals surface area contributed by atoms with Crippen molar-refractivity contribution in [3.05, 3.63) is 46.5 Å². The summed E-state index contributed by atoms with van der Waals surface area (Å²) in [5, 5.41) is 10.9. The summed E-state index contributed by atoms with van der Waals surface area (Å²) in [6, 6.07) is 0. The maximum Gasteiger partial charge on any atom is 0.184 e. The third kappa shape index (κ3) is 5.76. The highest BCUT2D eigenvalue weighted by Crippen LogP contribution is 2.49. The van der Waals surface area contributed by atoms with Crippen LogP contribution >= 0.6 is 0 Å². The summed E-state index contributed by atoms with van der Waals surface area (Å²) in [6.45, 7) is 2.69. The number of hydrogen-bond donors (Lipinski definition) is 1. The Morgan fingerprint density at radius 1 is 1.05 bits per heavy atom. The summed E-state index contributed by atoms with van der Waals surface area (Å²) in [6.07, 6.45) is 16.1. The maximum atomic E-state index is 12.8. The summed E-state index contributed by atoms with van der Waals surface area (Å²) in [5.41, 5.74) is 3.27. The molecule has 1 fully saturated rings. The van der Waals surface area contributed by atoms with Crippen molar-refractivity contribution in [1.82, 2.24) is 0 Å². The highest BCUT2D eigenvalue weighted by atomic mass is 16.6. The predicted octanol–water partition coefficient (Wildman–Crippen LogP) is 5.77. The lowest BCUT2D eigenvalue weighted by Gasteiger charge is -2.49. The molecule has 4 aliphatic carbocycles. The van der Waals surface area contributed by atoms with Gasteiger partial charge in [-0.3, -0.25) is 4.79 Å². The van der Waals surface area contributed by atoms with Crippen LogP contribution in [-0.4, -0.2) is 50.2 Å². The molecule has 6 heteroatoms. The molecule has 1 heterocycles. The first-order valence-electron chi connectivity index (χ1n) is 14.4. The van der Waals surface area contributed by atoms with Crippen LogP contribution in [0.5, 0.6) is 0 Å². The molecule has 5 unspecified atom stereocenters. The smallest absolute Gasteiger partial charge is 0.184 e. The number of carbonyl (C=O) groups is 1. The Hall–Kier alpha value is -1.89. The monoisotopic (exact) mass is 512 g/mol. The molecule has 1 saturated heterocycles. The van der Waals surface area contributed by atoms with Gasteiger partial charge in [0.1, 0.15) is 11.5 Å². The lowest BCUT2D eigenvalue weighted by Crippen LogP contribution is -2.50. The molecule has 0 aromatic rings. The Morgan fingerprint density at radius 3 is 2.59 bits per heavy atom. The number of methoxy groups -OCH3 is 2. The number of allylic oxidation sites excluding steroid dienone is 5. The van der Waals surface area contributed by atoms with Gasteiger partial charge in [-0.15, -0.1) is 0 Å². The van der Waals surface area contributed by atoms with E-state index in [1.807, 2.05) is 0 Å².